The van der Waals surface area contributed by atoms with Crippen molar-refractivity contribution in [1.82, 2.24) is 9.71 Å². The van der Waals surface area contributed by atoms with E-state index in [1.807, 2.05) is 0 Å². The van der Waals surface area contributed by atoms with E-state index in [0.29, 0.717) is 6.54 Å². The lowest BCUT2D eigenvalue weighted by Crippen LogP contribution is -2.37. The average molecular weight is 319 g/mol. The molecule has 20 heavy (non-hydrogen) atoms. The van der Waals surface area contributed by atoms with Crippen LogP contribution >= 0.6 is 11.6 Å². The number of rotatable bonds is 4. The Morgan fingerprint density at radius 1 is 1.35 bits per heavy atom. The van der Waals surface area contributed by atoms with Crippen LogP contribution in [0.5, 0.6) is 0 Å². The normalized spacial score (nSPS) is 18.9. The zero-order valence-electron chi connectivity index (χ0n) is 11.4. The molecule has 0 aliphatic heterocycles. The number of aromatic amines is 1. The maximum Gasteiger partial charge on any atom is 0.266 e. The van der Waals surface area contributed by atoms with E-state index < -0.39 is 15.6 Å². The van der Waals surface area contributed by atoms with Gasteiger partial charge in [-0.1, -0.05) is 37.8 Å². The lowest BCUT2D eigenvalue weighted by molar-refractivity contribution is 0.219. The van der Waals surface area contributed by atoms with Crippen molar-refractivity contribution in [3.8, 4) is 0 Å². The van der Waals surface area contributed by atoms with E-state index in [0.717, 1.165) is 25.7 Å². The molecule has 7 heteroatoms. The molecule has 0 spiro atoms. The Morgan fingerprint density at radius 2 is 2.00 bits per heavy atom. The summed E-state index contributed by atoms with van der Waals surface area (Å²) in [4.78, 5) is 13.5. The highest BCUT2D eigenvalue weighted by atomic mass is 35.5. The van der Waals surface area contributed by atoms with Gasteiger partial charge >= 0.3 is 0 Å². The van der Waals surface area contributed by atoms with Crippen LogP contribution in [-0.2, 0) is 10.0 Å². The zero-order valence-corrected chi connectivity index (χ0v) is 13.0. The molecule has 1 aromatic rings. The summed E-state index contributed by atoms with van der Waals surface area (Å²) in [5.74, 6) is 0. The Hall–Kier alpha value is -0.850. The average Bonchev–Trinajstić information content (AvgIpc) is 2.41. The molecule has 1 aliphatic carbocycles. The van der Waals surface area contributed by atoms with E-state index >= 15 is 0 Å². The predicted molar refractivity (Wildman–Crippen MR) is 78.5 cm³/mol. The van der Waals surface area contributed by atoms with Crippen LogP contribution in [0.1, 0.15) is 39.0 Å². The Morgan fingerprint density at radius 3 is 2.60 bits per heavy atom. The molecule has 5 nitrogen and oxygen atoms in total. The van der Waals surface area contributed by atoms with E-state index in [1.54, 1.807) is 0 Å². The van der Waals surface area contributed by atoms with Crippen molar-refractivity contribution < 1.29 is 8.42 Å². The molecule has 0 aromatic carbocycles. The first-order valence-corrected chi connectivity index (χ1v) is 8.56. The smallest absolute Gasteiger partial charge is 0.266 e. The van der Waals surface area contributed by atoms with Crippen molar-refractivity contribution in [1.29, 1.82) is 0 Å². The van der Waals surface area contributed by atoms with Gasteiger partial charge < -0.3 is 4.98 Å². The van der Waals surface area contributed by atoms with Gasteiger partial charge in [0, 0.05) is 12.7 Å². The maximum atomic E-state index is 12.2. The minimum atomic E-state index is -3.64. The summed E-state index contributed by atoms with van der Waals surface area (Å²) < 4.78 is 27.0. The van der Waals surface area contributed by atoms with E-state index in [-0.39, 0.29) is 15.3 Å². The van der Waals surface area contributed by atoms with Crippen molar-refractivity contribution in [3.05, 3.63) is 27.6 Å². The van der Waals surface area contributed by atoms with Crippen molar-refractivity contribution in [2.75, 3.05) is 6.54 Å². The highest BCUT2D eigenvalue weighted by molar-refractivity contribution is 7.89. The molecule has 0 atom stereocenters. The number of hydrogen-bond acceptors (Lipinski definition) is 3. The number of sulfonamides is 1. The molecule has 0 saturated heterocycles. The van der Waals surface area contributed by atoms with E-state index in [9.17, 15) is 13.2 Å². The largest absolute Gasteiger partial charge is 0.326 e. The fourth-order valence-corrected chi connectivity index (χ4v) is 3.96. The van der Waals surface area contributed by atoms with Crippen LogP contribution in [-0.4, -0.2) is 19.9 Å². The molecule has 1 aliphatic rings. The second kappa shape index (κ2) is 5.87. The number of hydrogen-bond donors (Lipinski definition) is 2. The maximum absolute atomic E-state index is 12.2. The summed E-state index contributed by atoms with van der Waals surface area (Å²) in [6, 6.07) is 1.17. The molecule has 1 fully saturated rings. The van der Waals surface area contributed by atoms with Gasteiger partial charge in [0.1, 0.15) is 5.02 Å². The Kier molecular flexibility index (Phi) is 4.56. The first-order chi connectivity index (χ1) is 9.32. The first-order valence-electron chi connectivity index (χ1n) is 6.70. The number of nitrogens with one attached hydrogen (secondary N) is 2. The highest BCUT2D eigenvalue weighted by Gasteiger charge is 2.28. The van der Waals surface area contributed by atoms with Gasteiger partial charge in [-0.25, -0.2) is 13.1 Å². The molecule has 0 bridgehead atoms. The Labute approximate surface area is 123 Å². The molecule has 1 aromatic heterocycles. The molecule has 112 valence electrons. The van der Waals surface area contributed by atoms with Crippen molar-refractivity contribution in [2.45, 2.75) is 43.9 Å². The SMILES string of the molecule is CC1(CNS(=O)(=O)c2c[nH]c(=O)c(Cl)c2)CCCCC1. The minimum absolute atomic E-state index is 0.0112. The van der Waals surface area contributed by atoms with Crippen molar-refractivity contribution in [3.63, 3.8) is 0 Å². The summed E-state index contributed by atoms with van der Waals surface area (Å²) in [6.07, 6.45) is 6.73. The van der Waals surface area contributed by atoms with Gasteiger partial charge in [-0.15, -0.1) is 0 Å². The van der Waals surface area contributed by atoms with Gasteiger partial charge in [0.2, 0.25) is 10.0 Å². The third-order valence-electron chi connectivity index (χ3n) is 3.89. The Balaban J connectivity index is 2.10. The molecular weight excluding hydrogens is 300 g/mol. The number of halogens is 1. The van der Waals surface area contributed by atoms with Crippen molar-refractivity contribution in [2.24, 2.45) is 5.41 Å². The minimum Gasteiger partial charge on any atom is -0.326 e. The second-order valence-electron chi connectivity index (χ2n) is 5.71. The van der Waals surface area contributed by atoms with Gasteiger partial charge in [0.15, 0.2) is 0 Å². The van der Waals surface area contributed by atoms with E-state index in [1.165, 1.54) is 18.7 Å². The Bertz CT molecular complexity index is 633. The van der Waals surface area contributed by atoms with Crippen molar-refractivity contribution >= 4 is 21.6 Å². The van der Waals surface area contributed by atoms with Crippen LogP contribution in [0.4, 0.5) is 0 Å². The van der Waals surface area contributed by atoms with Crippen LogP contribution in [0.2, 0.25) is 5.02 Å². The fraction of sp³-hybridized carbons (Fsp3) is 0.615. The molecule has 1 saturated carbocycles. The lowest BCUT2D eigenvalue weighted by atomic mass is 9.76. The molecule has 2 rings (SSSR count). The van der Waals surface area contributed by atoms with Crippen LogP contribution in [0.15, 0.2) is 22.0 Å². The van der Waals surface area contributed by atoms with E-state index in [4.69, 9.17) is 11.6 Å². The predicted octanol–water partition coefficient (Wildman–Crippen LogP) is 2.28. The summed E-state index contributed by atoms with van der Waals surface area (Å²) >= 11 is 5.66. The molecule has 0 unspecified atom stereocenters. The number of H-pyrrole nitrogens is 1. The van der Waals surface area contributed by atoms with Gasteiger partial charge in [-0.2, -0.15) is 0 Å². The highest BCUT2D eigenvalue weighted by Crippen LogP contribution is 2.35. The summed E-state index contributed by atoms with van der Waals surface area (Å²) in [5, 5.41) is -0.128. The van der Waals surface area contributed by atoms with Gasteiger partial charge in [0.25, 0.3) is 5.56 Å². The van der Waals surface area contributed by atoms with Gasteiger partial charge in [-0.3, -0.25) is 4.79 Å². The topological polar surface area (TPSA) is 79.0 Å². The monoisotopic (exact) mass is 318 g/mol. The molecular formula is C13H19ClN2O3S. The summed E-state index contributed by atoms with van der Waals surface area (Å²) in [6.45, 7) is 2.51. The fourth-order valence-electron chi connectivity index (χ4n) is 2.53. The number of pyridine rings is 1. The quantitative estimate of drug-likeness (QED) is 0.894. The van der Waals surface area contributed by atoms with Gasteiger partial charge in [0.05, 0.1) is 4.90 Å². The van der Waals surface area contributed by atoms with E-state index in [2.05, 4.69) is 16.6 Å². The molecule has 1 heterocycles. The van der Waals surface area contributed by atoms with Crippen LogP contribution in [0.25, 0.3) is 0 Å². The van der Waals surface area contributed by atoms with Crippen LogP contribution in [0.3, 0.4) is 0 Å². The molecule has 2 N–H and O–H groups in total. The summed E-state index contributed by atoms with van der Waals surface area (Å²) in [7, 11) is -3.64. The second-order valence-corrected chi connectivity index (χ2v) is 7.88. The summed E-state index contributed by atoms with van der Waals surface area (Å²) in [5.41, 5.74) is -0.484. The van der Waals surface area contributed by atoms with Crippen LogP contribution < -0.4 is 10.3 Å². The first kappa shape index (κ1) is 15.5. The third-order valence-corrected chi connectivity index (χ3v) is 5.55. The lowest BCUT2D eigenvalue weighted by Gasteiger charge is -2.33. The molecule has 0 amide bonds. The van der Waals surface area contributed by atoms with Crippen LogP contribution in [0, 0.1) is 5.41 Å². The van der Waals surface area contributed by atoms with Gasteiger partial charge in [-0.05, 0) is 24.3 Å². The number of aromatic nitrogens is 1. The standard InChI is InChI=1S/C13H19ClN2O3S/c1-13(5-3-2-4-6-13)9-16-20(18,19)10-7-11(14)12(17)15-8-10/h7-8,16H,2-6,9H2,1H3,(H,15,17). The third kappa shape index (κ3) is 3.62. The molecule has 0 radical (unpaired) electrons. The zero-order chi connectivity index (χ0) is 14.8.